The largest absolute Gasteiger partial charge is 0.497 e. The van der Waals surface area contributed by atoms with Crippen molar-refractivity contribution in [3.63, 3.8) is 0 Å². The molecule has 3 rings (SSSR count). The monoisotopic (exact) mass is 421 g/mol. The van der Waals surface area contributed by atoms with Crippen molar-refractivity contribution in [2.45, 2.75) is 39.8 Å². The molecule has 1 heterocycles. The first-order valence-electron chi connectivity index (χ1n) is 10.7. The molecule has 31 heavy (non-hydrogen) atoms. The summed E-state index contributed by atoms with van der Waals surface area (Å²) >= 11 is 0. The molecule has 1 aromatic heterocycles. The molecule has 0 bridgehead atoms. The van der Waals surface area contributed by atoms with Crippen molar-refractivity contribution in [3.8, 4) is 5.75 Å². The topological polar surface area (TPSA) is 63.6 Å². The van der Waals surface area contributed by atoms with Crippen LogP contribution >= 0.6 is 0 Å². The summed E-state index contributed by atoms with van der Waals surface area (Å²) in [6, 6.07) is 15.7. The van der Waals surface area contributed by atoms with Gasteiger partial charge in [-0.15, -0.1) is 0 Å². The van der Waals surface area contributed by atoms with E-state index in [1.165, 1.54) is 0 Å². The minimum absolute atomic E-state index is 0.00374. The molecule has 0 radical (unpaired) electrons. The van der Waals surface area contributed by atoms with Gasteiger partial charge in [0.15, 0.2) is 0 Å². The van der Waals surface area contributed by atoms with Gasteiger partial charge >= 0.3 is 0 Å². The Kier molecular flexibility index (Phi) is 7.34. The standard InChI is InChI=1S/C25H31N3O3/c1-5-15-28-18(2)24(21-16-20(31-4)11-12-22(21)28)25(30)26-14-13-23(29)27(3)17-19-9-7-6-8-10-19/h6-12,16H,5,13-15,17H2,1-4H3,(H,26,30). The number of rotatable bonds is 9. The number of methoxy groups -OCH3 is 1. The zero-order valence-electron chi connectivity index (χ0n) is 18.8. The van der Waals surface area contributed by atoms with Crippen molar-refractivity contribution < 1.29 is 14.3 Å². The summed E-state index contributed by atoms with van der Waals surface area (Å²) in [6.45, 7) is 5.77. The Hall–Kier alpha value is -3.28. The van der Waals surface area contributed by atoms with E-state index in [2.05, 4.69) is 16.8 Å². The number of carbonyl (C=O) groups is 2. The van der Waals surface area contributed by atoms with Crippen LogP contribution in [0.4, 0.5) is 0 Å². The highest BCUT2D eigenvalue weighted by Crippen LogP contribution is 2.29. The Balaban J connectivity index is 1.68. The average Bonchev–Trinajstić information content (AvgIpc) is 3.05. The van der Waals surface area contributed by atoms with Gasteiger partial charge in [-0.2, -0.15) is 0 Å². The second-order valence-electron chi connectivity index (χ2n) is 7.74. The van der Waals surface area contributed by atoms with Gasteiger partial charge in [0.2, 0.25) is 5.91 Å². The molecule has 3 aromatic rings. The highest BCUT2D eigenvalue weighted by molar-refractivity contribution is 6.08. The second-order valence-corrected chi connectivity index (χ2v) is 7.74. The molecule has 0 aliphatic heterocycles. The van der Waals surface area contributed by atoms with E-state index >= 15 is 0 Å². The van der Waals surface area contributed by atoms with Gasteiger partial charge in [-0.25, -0.2) is 0 Å². The third kappa shape index (κ3) is 5.08. The fourth-order valence-electron chi connectivity index (χ4n) is 3.89. The minimum atomic E-state index is -0.163. The highest BCUT2D eigenvalue weighted by atomic mass is 16.5. The predicted octanol–water partition coefficient (Wildman–Crippen LogP) is 4.15. The molecular formula is C25H31N3O3. The van der Waals surface area contributed by atoms with Crippen LogP contribution in [0.3, 0.4) is 0 Å². The number of amides is 2. The maximum atomic E-state index is 13.0. The Morgan fingerprint density at radius 2 is 1.87 bits per heavy atom. The van der Waals surface area contributed by atoms with E-state index in [1.807, 2.05) is 55.5 Å². The summed E-state index contributed by atoms with van der Waals surface area (Å²) in [5, 5.41) is 3.80. The Labute approximate surface area is 183 Å². The van der Waals surface area contributed by atoms with Crippen LogP contribution in [-0.2, 0) is 17.9 Å². The zero-order valence-corrected chi connectivity index (χ0v) is 18.8. The van der Waals surface area contributed by atoms with E-state index in [4.69, 9.17) is 4.74 Å². The van der Waals surface area contributed by atoms with Gasteiger partial charge in [0.25, 0.3) is 5.91 Å². The summed E-state index contributed by atoms with van der Waals surface area (Å²) in [4.78, 5) is 27.2. The number of fused-ring (bicyclic) bond motifs is 1. The van der Waals surface area contributed by atoms with Crippen LogP contribution < -0.4 is 10.1 Å². The lowest BCUT2D eigenvalue weighted by Crippen LogP contribution is -2.32. The van der Waals surface area contributed by atoms with Gasteiger partial charge in [0, 0.05) is 49.7 Å². The van der Waals surface area contributed by atoms with Crippen LogP contribution in [0.15, 0.2) is 48.5 Å². The number of hydrogen-bond donors (Lipinski definition) is 1. The molecule has 0 aliphatic rings. The fourth-order valence-corrected chi connectivity index (χ4v) is 3.89. The molecule has 0 atom stereocenters. The van der Waals surface area contributed by atoms with Crippen molar-refractivity contribution in [1.29, 1.82) is 0 Å². The molecule has 0 spiro atoms. The number of aryl methyl sites for hydroxylation is 1. The summed E-state index contributed by atoms with van der Waals surface area (Å²) in [6.07, 6.45) is 1.23. The third-order valence-electron chi connectivity index (χ3n) is 5.52. The average molecular weight is 422 g/mol. The predicted molar refractivity (Wildman–Crippen MR) is 123 cm³/mol. The molecule has 0 unspecified atom stereocenters. The van der Waals surface area contributed by atoms with Gasteiger partial charge in [0.05, 0.1) is 12.7 Å². The first kappa shape index (κ1) is 22.4. The van der Waals surface area contributed by atoms with Crippen molar-refractivity contribution in [3.05, 3.63) is 65.4 Å². The zero-order chi connectivity index (χ0) is 22.4. The number of hydrogen-bond acceptors (Lipinski definition) is 3. The third-order valence-corrected chi connectivity index (χ3v) is 5.52. The molecule has 6 heteroatoms. The van der Waals surface area contributed by atoms with Gasteiger partial charge in [-0.3, -0.25) is 9.59 Å². The molecular weight excluding hydrogens is 390 g/mol. The van der Waals surface area contributed by atoms with Crippen molar-refractivity contribution in [2.75, 3.05) is 20.7 Å². The van der Waals surface area contributed by atoms with Crippen LogP contribution in [0.25, 0.3) is 10.9 Å². The van der Waals surface area contributed by atoms with E-state index in [1.54, 1.807) is 19.1 Å². The first-order valence-corrected chi connectivity index (χ1v) is 10.7. The second kappa shape index (κ2) is 10.2. The van der Waals surface area contributed by atoms with E-state index in [0.29, 0.717) is 24.4 Å². The van der Waals surface area contributed by atoms with Crippen molar-refractivity contribution in [1.82, 2.24) is 14.8 Å². The Bertz CT molecular complexity index is 1060. The molecule has 0 aliphatic carbocycles. The Morgan fingerprint density at radius 1 is 1.13 bits per heavy atom. The van der Waals surface area contributed by atoms with E-state index < -0.39 is 0 Å². The number of carbonyl (C=O) groups excluding carboxylic acids is 2. The van der Waals surface area contributed by atoms with E-state index in [-0.39, 0.29) is 18.2 Å². The molecule has 0 saturated carbocycles. The molecule has 2 aromatic carbocycles. The van der Waals surface area contributed by atoms with Crippen LogP contribution in [0, 0.1) is 6.92 Å². The molecule has 1 N–H and O–H groups in total. The van der Waals surface area contributed by atoms with Crippen molar-refractivity contribution >= 4 is 22.7 Å². The lowest BCUT2D eigenvalue weighted by Gasteiger charge is -2.17. The summed E-state index contributed by atoms with van der Waals surface area (Å²) in [5.41, 5.74) is 3.67. The van der Waals surface area contributed by atoms with Crippen LogP contribution in [0.1, 0.15) is 41.4 Å². The maximum Gasteiger partial charge on any atom is 0.253 e. The van der Waals surface area contributed by atoms with E-state index in [0.717, 1.165) is 35.1 Å². The summed E-state index contributed by atoms with van der Waals surface area (Å²) in [5.74, 6) is 0.549. The Morgan fingerprint density at radius 3 is 2.55 bits per heavy atom. The van der Waals surface area contributed by atoms with Crippen molar-refractivity contribution in [2.24, 2.45) is 0 Å². The van der Waals surface area contributed by atoms with Gasteiger partial charge in [0.1, 0.15) is 5.75 Å². The van der Waals surface area contributed by atoms with Gasteiger partial charge in [-0.05, 0) is 37.1 Å². The number of benzene rings is 2. The number of nitrogens with one attached hydrogen (secondary N) is 1. The van der Waals surface area contributed by atoms with Gasteiger partial charge in [-0.1, -0.05) is 37.3 Å². The van der Waals surface area contributed by atoms with Crippen LogP contribution in [0.5, 0.6) is 5.75 Å². The lowest BCUT2D eigenvalue weighted by molar-refractivity contribution is -0.130. The highest BCUT2D eigenvalue weighted by Gasteiger charge is 2.20. The first-order chi connectivity index (χ1) is 15.0. The quantitative estimate of drug-likeness (QED) is 0.565. The molecule has 0 fully saturated rings. The lowest BCUT2D eigenvalue weighted by atomic mass is 10.1. The number of aromatic nitrogens is 1. The molecule has 2 amide bonds. The molecule has 6 nitrogen and oxygen atoms in total. The summed E-state index contributed by atoms with van der Waals surface area (Å²) < 4.78 is 7.53. The van der Waals surface area contributed by atoms with E-state index in [9.17, 15) is 9.59 Å². The normalized spacial score (nSPS) is 10.8. The molecule has 164 valence electrons. The van der Waals surface area contributed by atoms with Gasteiger partial charge < -0.3 is 19.5 Å². The molecule has 0 saturated heterocycles. The summed E-state index contributed by atoms with van der Waals surface area (Å²) in [7, 11) is 3.40. The minimum Gasteiger partial charge on any atom is -0.497 e. The fraction of sp³-hybridized carbons (Fsp3) is 0.360. The maximum absolute atomic E-state index is 13.0. The van der Waals surface area contributed by atoms with Crippen LogP contribution in [0.2, 0.25) is 0 Å². The number of ether oxygens (including phenoxy) is 1. The smallest absolute Gasteiger partial charge is 0.253 e. The SMILES string of the molecule is CCCn1c(C)c(C(=O)NCCC(=O)N(C)Cc2ccccc2)c2cc(OC)ccc21. The number of nitrogens with zero attached hydrogens (tertiary/aromatic N) is 2. The van der Waals surface area contributed by atoms with Crippen LogP contribution in [-0.4, -0.2) is 42.0 Å².